The van der Waals surface area contributed by atoms with Crippen LogP contribution in [0.2, 0.25) is 0 Å². The molecule has 0 atom stereocenters. The summed E-state index contributed by atoms with van der Waals surface area (Å²) in [5.74, 6) is 0. The van der Waals surface area contributed by atoms with E-state index in [1.165, 1.54) is 0 Å². The van der Waals surface area contributed by atoms with Crippen LogP contribution in [0.5, 0.6) is 0 Å². The minimum Gasteiger partial charge on any atom is -0.355 e. The third-order valence-electron chi connectivity index (χ3n) is 2.78. The molecule has 1 aliphatic rings. The van der Waals surface area contributed by atoms with Crippen LogP contribution in [0.1, 0.15) is 18.4 Å². The molecule has 0 radical (unpaired) electrons. The Labute approximate surface area is 89.4 Å². The number of fused-ring (bicyclic) bond motifs is 1. The molecule has 1 aliphatic carbocycles. The SMILES string of the molecule is NC1(c2cccc3onc(Br)c23)CC1. The van der Waals surface area contributed by atoms with Gasteiger partial charge in [-0.05, 0) is 40.4 Å². The Morgan fingerprint density at radius 2 is 2.21 bits per heavy atom. The second kappa shape index (κ2) is 2.58. The Hall–Kier alpha value is -0.870. The van der Waals surface area contributed by atoms with Crippen molar-refractivity contribution in [3.05, 3.63) is 28.4 Å². The minimum atomic E-state index is -0.145. The molecule has 3 nitrogen and oxygen atoms in total. The number of hydrogen-bond acceptors (Lipinski definition) is 3. The van der Waals surface area contributed by atoms with Crippen LogP contribution in [0, 0.1) is 0 Å². The molecule has 1 saturated carbocycles. The van der Waals surface area contributed by atoms with Crippen molar-refractivity contribution in [3.8, 4) is 0 Å². The van der Waals surface area contributed by atoms with Crippen molar-refractivity contribution < 1.29 is 4.52 Å². The zero-order chi connectivity index (χ0) is 9.76. The zero-order valence-corrected chi connectivity index (χ0v) is 9.04. The summed E-state index contributed by atoms with van der Waals surface area (Å²) in [4.78, 5) is 0. The van der Waals surface area contributed by atoms with Crippen LogP contribution in [-0.2, 0) is 5.54 Å². The topological polar surface area (TPSA) is 52.0 Å². The summed E-state index contributed by atoms with van der Waals surface area (Å²) < 4.78 is 5.91. The molecule has 2 aromatic rings. The summed E-state index contributed by atoms with van der Waals surface area (Å²) in [6.45, 7) is 0. The summed E-state index contributed by atoms with van der Waals surface area (Å²) in [7, 11) is 0. The summed E-state index contributed by atoms with van der Waals surface area (Å²) >= 11 is 3.38. The molecule has 0 aliphatic heterocycles. The molecule has 0 unspecified atom stereocenters. The van der Waals surface area contributed by atoms with Crippen LogP contribution in [-0.4, -0.2) is 5.16 Å². The third-order valence-corrected chi connectivity index (χ3v) is 3.32. The zero-order valence-electron chi connectivity index (χ0n) is 7.46. The smallest absolute Gasteiger partial charge is 0.168 e. The largest absolute Gasteiger partial charge is 0.355 e. The average molecular weight is 253 g/mol. The van der Waals surface area contributed by atoms with Crippen LogP contribution in [0.3, 0.4) is 0 Å². The van der Waals surface area contributed by atoms with Gasteiger partial charge in [0.1, 0.15) is 0 Å². The van der Waals surface area contributed by atoms with E-state index < -0.39 is 0 Å². The Morgan fingerprint density at radius 3 is 2.93 bits per heavy atom. The Morgan fingerprint density at radius 1 is 1.43 bits per heavy atom. The van der Waals surface area contributed by atoms with E-state index in [1.807, 2.05) is 12.1 Å². The highest BCUT2D eigenvalue weighted by Gasteiger charge is 2.41. The van der Waals surface area contributed by atoms with Gasteiger partial charge in [-0.2, -0.15) is 0 Å². The van der Waals surface area contributed by atoms with Gasteiger partial charge in [-0.1, -0.05) is 17.3 Å². The summed E-state index contributed by atoms with van der Waals surface area (Å²) in [6.07, 6.45) is 2.09. The highest BCUT2D eigenvalue weighted by atomic mass is 79.9. The van der Waals surface area contributed by atoms with Gasteiger partial charge in [-0.25, -0.2) is 0 Å². The molecule has 0 saturated heterocycles. The number of nitrogens with zero attached hydrogens (tertiary/aromatic N) is 1. The van der Waals surface area contributed by atoms with Gasteiger partial charge in [-0.3, -0.25) is 0 Å². The number of aromatic nitrogens is 1. The van der Waals surface area contributed by atoms with Gasteiger partial charge in [-0.15, -0.1) is 0 Å². The molecular formula is C10H9BrN2O. The van der Waals surface area contributed by atoms with E-state index in [4.69, 9.17) is 10.3 Å². The van der Waals surface area contributed by atoms with E-state index in [9.17, 15) is 0 Å². The van der Waals surface area contributed by atoms with Crippen LogP contribution in [0.15, 0.2) is 27.3 Å². The van der Waals surface area contributed by atoms with Crippen molar-refractivity contribution in [2.75, 3.05) is 0 Å². The lowest BCUT2D eigenvalue weighted by atomic mass is 10.0. The fourth-order valence-electron chi connectivity index (χ4n) is 1.77. The van der Waals surface area contributed by atoms with Gasteiger partial charge < -0.3 is 10.3 Å². The van der Waals surface area contributed by atoms with E-state index in [-0.39, 0.29) is 5.54 Å². The lowest BCUT2D eigenvalue weighted by Crippen LogP contribution is -2.18. The second-order valence-corrected chi connectivity index (χ2v) is 4.56. The maximum absolute atomic E-state index is 6.17. The predicted molar refractivity (Wildman–Crippen MR) is 56.8 cm³/mol. The van der Waals surface area contributed by atoms with Crippen molar-refractivity contribution in [2.45, 2.75) is 18.4 Å². The number of halogens is 1. The molecule has 1 fully saturated rings. The Bertz CT molecular complexity index is 502. The fraction of sp³-hybridized carbons (Fsp3) is 0.300. The van der Waals surface area contributed by atoms with Crippen LogP contribution in [0.4, 0.5) is 0 Å². The van der Waals surface area contributed by atoms with E-state index >= 15 is 0 Å². The maximum Gasteiger partial charge on any atom is 0.168 e. The van der Waals surface area contributed by atoms with Gasteiger partial charge >= 0.3 is 0 Å². The molecule has 2 N–H and O–H groups in total. The van der Waals surface area contributed by atoms with Gasteiger partial charge in [0, 0.05) is 5.54 Å². The first-order valence-corrected chi connectivity index (χ1v) is 5.33. The first-order valence-electron chi connectivity index (χ1n) is 4.54. The molecular weight excluding hydrogens is 244 g/mol. The lowest BCUT2D eigenvalue weighted by molar-refractivity contribution is 0.451. The van der Waals surface area contributed by atoms with Gasteiger partial charge in [0.05, 0.1) is 5.39 Å². The highest BCUT2D eigenvalue weighted by molar-refractivity contribution is 9.10. The van der Waals surface area contributed by atoms with Gasteiger partial charge in [0.25, 0.3) is 0 Å². The Kier molecular flexibility index (Phi) is 1.56. The third kappa shape index (κ3) is 1.04. The predicted octanol–water partition coefficient (Wildman–Crippen LogP) is 2.54. The standard InChI is InChI=1S/C10H9BrN2O/c11-9-8-6(10(12)4-5-10)2-1-3-7(8)14-13-9/h1-3H,4-5,12H2. The summed E-state index contributed by atoms with van der Waals surface area (Å²) in [5.41, 5.74) is 7.97. The van der Waals surface area contributed by atoms with Crippen molar-refractivity contribution >= 4 is 26.9 Å². The summed E-state index contributed by atoms with van der Waals surface area (Å²) in [6, 6.07) is 5.92. The van der Waals surface area contributed by atoms with E-state index in [0.717, 1.165) is 34.0 Å². The highest BCUT2D eigenvalue weighted by Crippen LogP contribution is 2.46. The molecule has 3 rings (SSSR count). The van der Waals surface area contributed by atoms with Crippen molar-refractivity contribution in [1.82, 2.24) is 5.16 Å². The quantitative estimate of drug-likeness (QED) is 0.849. The number of nitrogens with two attached hydrogens (primary N) is 1. The molecule has 0 spiro atoms. The summed E-state index contributed by atoms with van der Waals surface area (Å²) in [5, 5.41) is 4.90. The number of benzene rings is 1. The molecule has 1 aromatic heterocycles. The monoisotopic (exact) mass is 252 g/mol. The van der Waals surface area contributed by atoms with Crippen LogP contribution in [0.25, 0.3) is 11.0 Å². The normalized spacial score (nSPS) is 18.7. The molecule has 72 valence electrons. The fourth-order valence-corrected chi connectivity index (χ4v) is 2.26. The Balaban J connectivity index is 2.37. The molecule has 1 heterocycles. The first kappa shape index (κ1) is 8.44. The number of rotatable bonds is 1. The van der Waals surface area contributed by atoms with Crippen LogP contribution >= 0.6 is 15.9 Å². The molecule has 0 amide bonds. The number of hydrogen-bond donors (Lipinski definition) is 1. The average Bonchev–Trinajstić information content (AvgIpc) is 2.83. The van der Waals surface area contributed by atoms with E-state index in [0.29, 0.717) is 0 Å². The van der Waals surface area contributed by atoms with E-state index in [2.05, 4.69) is 27.2 Å². The molecule has 1 aromatic carbocycles. The first-order chi connectivity index (χ1) is 6.71. The molecule has 4 heteroatoms. The van der Waals surface area contributed by atoms with Crippen molar-refractivity contribution in [1.29, 1.82) is 0 Å². The van der Waals surface area contributed by atoms with E-state index in [1.54, 1.807) is 0 Å². The lowest BCUT2D eigenvalue weighted by Gasteiger charge is -2.09. The van der Waals surface area contributed by atoms with Crippen LogP contribution < -0.4 is 5.73 Å². The second-order valence-electron chi connectivity index (χ2n) is 3.81. The minimum absolute atomic E-state index is 0.145. The van der Waals surface area contributed by atoms with Gasteiger partial charge in [0.2, 0.25) is 0 Å². The molecule has 14 heavy (non-hydrogen) atoms. The maximum atomic E-state index is 6.17. The van der Waals surface area contributed by atoms with Gasteiger partial charge in [0.15, 0.2) is 10.2 Å². The van der Waals surface area contributed by atoms with Crippen molar-refractivity contribution in [2.24, 2.45) is 5.73 Å². The molecule has 0 bridgehead atoms. The van der Waals surface area contributed by atoms with Crippen molar-refractivity contribution in [3.63, 3.8) is 0 Å².